The Morgan fingerprint density at radius 1 is 0.636 bits per heavy atom. The molecule has 0 saturated heterocycles. The third-order valence-corrected chi connectivity index (χ3v) is 14.5. The Morgan fingerprint density at radius 2 is 1.06 bits per heavy atom. The summed E-state index contributed by atoms with van der Waals surface area (Å²) in [6.45, 7) is 3.74. The number of sulfonamides is 2. The Bertz CT molecular complexity index is 2760. The van der Waals surface area contributed by atoms with E-state index in [4.69, 9.17) is 18.9 Å². The topological polar surface area (TPSA) is 293 Å². The molecule has 356 valence electrons. The largest absolute Gasteiger partial charge is 0.493 e. The molecular weight excluding hydrogens is 901 g/mol. The monoisotopic (exact) mass is 954 g/mol. The van der Waals surface area contributed by atoms with Crippen LogP contribution in [0.3, 0.4) is 0 Å². The predicted molar refractivity (Wildman–Crippen MR) is 240 cm³/mol. The fourth-order valence-corrected chi connectivity index (χ4v) is 9.64. The van der Waals surface area contributed by atoms with Gasteiger partial charge in [-0.1, -0.05) is 0 Å². The second kappa shape index (κ2) is 24.5. The quantitative estimate of drug-likeness (QED) is 0.0872. The normalized spacial score (nSPS) is 13.4. The predicted octanol–water partition coefficient (Wildman–Crippen LogP) is 4.53. The van der Waals surface area contributed by atoms with E-state index in [0.717, 1.165) is 9.13 Å². The maximum Gasteiger partial charge on any atom is 0.281 e. The van der Waals surface area contributed by atoms with Crippen LogP contribution in [0.4, 0.5) is 17.1 Å². The van der Waals surface area contributed by atoms with Crippen molar-refractivity contribution in [1.82, 2.24) is 17.7 Å². The van der Waals surface area contributed by atoms with E-state index in [0.29, 0.717) is 5.70 Å². The number of azo groups is 2. The molecule has 0 atom stereocenters. The zero-order chi connectivity index (χ0) is 48.6. The number of allylic oxidation sites excluding steroid dienone is 4. The fraction of sp³-hybridized carbons (Fsp3) is 0.476. The van der Waals surface area contributed by atoms with E-state index in [2.05, 4.69) is 20.5 Å². The highest BCUT2D eigenvalue weighted by Crippen LogP contribution is 2.31. The lowest BCUT2D eigenvalue weighted by Gasteiger charge is -2.24. The number of nitriles is 2. The Kier molecular flexibility index (Phi) is 19.6. The molecule has 0 radical (unpaired) electrons. The SMILES string of the molecule is COCCN(CCOC)S(=O)(=O)C1=CC=C(N=Nc2c(C)c(C#N)c(O)n(CCCCn3c(O)c(C#N)c(C)c(N=Nc4ccc(S(=O)(=O)N(CCOC)CCOC)cc4)c3=O)c2=O)CC1. The van der Waals surface area contributed by atoms with Crippen LogP contribution in [-0.2, 0) is 52.1 Å². The smallest absolute Gasteiger partial charge is 0.281 e. The zero-order valence-electron chi connectivity index (χ0n) is 37.6. The highest BCUT2D eigenvalue weighted by Gasteiger charge is 2.28. The van der Waals surface area contributed by atoms with E-state index < -0.39 is 42.9 Å². The van der Waals surface area contributed by atoms with Crippen molar-refractivity contribution in [3.8, 4) is 23.9 Å². The minimum absolute atomic E-state index is 0.0181. The van der Waals surface area contributed by atoms with Crippen LogP contribution < -0.4 is 11.1 Å². The van der Waals surface area contributed by atoms with Gasteiger partial charge in [0.2, 0.25) is 31.8 Å². The van der Waals surface area contributed by atoms with Gasteiger partial charge in [0, 0.05) is 78.8 Å². The third kappa shape index (κ3) is 12.5. The van der Waals surface area contributed by atoms with E-state index in [1.54, 1.807) is 0 Å². The minimum Gasteiger partial charge on any atom is -0.493 e. The van der Waals surface area contributed by atoms with Gasteiger partial charge in [-0.25, -0.2) is 16.8 Å². The Morgan fingerprint density at radius 3 is 1.45 bits per heavy atom. The van der Waals surface area contributed by atoms with Crippen LogP contribution in [0.5, 0.6) is 11.8 Å². The fourth-order valence-electron chi connectivity index (χ4n) is 6.67. The van der Waals surface area contributed by atoms with Crippen molar-refractivity contribution in [2.45, 2.75) is 57.5 Å². The first-order valence-electron chi connectivity index (χ1n) is 20.6. The van der Waals surface area contributed by atoms with Crippen molar-refractivity contribution < 1.29 is 46.0 Å². The number of aromatic hydroxyl groups is 2. The summed E-state index contributed by atoms with van der Waals surface area (Å²) in [5, 5.41) is 58.2. The molecule has 0 unspecified atom stereocenters. The summed E-state index contributed by atoms with van der Waals surface area (Å²) in [6.07, 6.45) is 3.44. The van der Waals surface area contributed by atoms with Crippen molar-refractivity contribution in [1.29, 1.82) is 10.5 Å². The number of methoxy groups -OCH3 is 4. The first-order chi connectivity index (χ1) is 31.5. The molecule has 1 aromatic carbocycles. The Balaban J connectivity index is 1.54. The van der Waals surface area contributed by atoms with Gasteiger partial charge >= 0.3 is 0 Å². The lowest BCUT2D eigenvalue weighted by atomic mass is 10.1. The first-order valence-corrected chi connectivity index (χ1v) is 23.4. The number of rotatable bonds is 25. The van der Waals surface area contributed by atoms with E-state index in [1.165, 1.54) is 87.3 Å². The maximum absolute atomic E-state index is 13.7. The van der Waals surface area contributed by atoms with E-state index in [9.17, 15) is 47.2 Å². The van der Waals surface area contributed by atoms with Gasteiger partial charge in [0.05, 0.1) is 47.6 Å². The molecule has 0 spiro atoms. The van der Waals surface area contributed by atoms with Crippen LogP contribution in [0, 0.1) is 36.5 Å². The molecule has 0 aliphatic heterocycles. The molecule has 0 bridgehead atoms. The molecule has 4 rings (SSSR count). The summed E-state index contributed by atoms with van der Waals surface area (Å²) < 4.78 is 77.9. The van der Waals surface area contributed by atoms with Crippen LogP contribution in [0.2, 0.25) is 0 Å². The van der Waals surface area contributed by atoms with Gasteiger partial charge in [-0.3, -0.25) is 18.7 Å². The van der Waals surface area contributed by atoms with Crippen LogP contribution in [0.25, 0.3) is 0 Å². The average molecular weight is 955 g/mol. The molecule has 66 heavy (non-hydrogen) atoms. The first kappa shape index (κ1) is 52.7. The van der Waals surface area contributed by atoms with Crippen molar-refractivity contribution in [3.05, 3.63) is 90.0 Å². The summed E-state index contributed by atoms with van der Waals surface area (Å²) in [6, 6.07) is 9.23. The second-order valence-corrected chi connectivity index (χ2v) is 18.6. The lowest BCUT2D eigenvalue weighted by Crippen LogP contribution is -2.37. The standard InChI is InChI=1S/C42H54N10O12S2/c1-29-35(27-43)39(53)51(41(55)37(29)47-45-31-9-13-33(14-10-31)65(57,58)49(19-23-61-3)20-24-62-4)17-7-8-18-52-40(54)36(28-44)30(2)38(42(52)56)48-46-32-11-15-34(16-12-32)66(59,60)50(21-25-63-5)22-26-64-6/h9-11,13-15,53-54H,7-8,12,16-26H2,1-6H3. The van der Waals surface area contributed by atoms with Gasteiger partial charge in [0.15, 0.2) is 11.4 Å². The van der Waals surface area contributed by atoms with Gasteiger partial charge in [-0.2, -0.15) is 29.4 Å². The number of aromatic nitrogens is 2. The molecule has 0 fully saturated rings. The molecule has 22 nitrogen and oxygen atoms in total. The molecule has 0 amide bonds. The molecule has 24 heteroatoms. The van der Waals surface area contributed by atoms with Crippen LogP contribution >= 0.6 is 0 Å². The van der Waals surface area contributed by atoms with Gasteiger partial charge in [0.25, 0.3) is 11.1 Å². The number of benzene rings is 1. The average Bonchev–Trinajstić information content (AvgIpc) is 3.30. The molecule has 2 heterocycles. The maximum atomic E-state index is 13.7. The summed E-state index contributed by atoms with van der Waals surface area (Å²) >= 11 is 0. The zero-order valence-corrected chi connectivity index (χ0v) is 39.3. The molecule has 1 aliphatic carbocycles. The number of unbranched alkanes of at least 4 members (excludes halogenated alkanes) is 1. The number of nitrogens with zero attached hydrogens (tertiary/aromatic N) is 10. The van der Waals surface area contributed by atoms with Crippen LogP contribution in [0.15, 0.2) is 82.0 Å². The molecular formula is C42H54N10O12S2. The highest BCUT2D eigenvalue weighted by atomic mass is 32.2. The summed E-state index contributed by atoms with van der Waals surface area (Å²) in [5.41, 5.74) is -1.77. The van der Waals surface area contributed by atoms with Gasteiger partial charge in [0.1, 0.15) is 23.3 Å². The number of ether oxygens (including phenoxy) is 4. The van der Waals surface area contributed by atoms with Crippen molar-refractivity contribution >= 4 is 37.1 Å². The van der Waals surface area contributed by atoms with E-state index in [1.807, 2.05) is 12.1 Å². The van der Waals surface area contributed by atoms with Crippen LogP contribution in [-0.4, -0.2) is 126 Å². The van der Waals surface area contributed by atoms with Crippen molar-refractivity contribution in [2.24, 2.45) is 20.5 Å². The van der Waals surface area contributed by atoms with Crippen molar-refractivity contribution in [3.63, 3.8) is 0 Å². The molecule has 2 aromatic heterocycles. The Hall–Kier alpha value is -5.96. The molecule has 3 aromatic rings. The van der Waals surface area contributed by atoms with Gasteiger partial charge in [-0.15, -0.1) is 10.2 Å². The van der Waals surface area contributed by atoms with E-state index in [-0.39, 0.29) is 140 Å². The summed E-state index contributed by atoms with van der Waals surface area (Å²) in [5.74, 6) is -1.22. The van der Waals surface area contributed by atoms with Crippen molar-refractivity contribution in [2.75, 3.05) is 81.0 Å². The number of hydrogen-bond donors (Lipinski definition) is 2. The minimum atomic E-state index is -3.92. The number of pyridine rings is 2. The van der Waals surface area contributed by atoms with E-state index >= 15 is 0 Å². The number of hydrogen-bond acceptors (Lipinski definition) is 18. The van der Waals surface area contributed by atoms with Crippen LogP contribution in [0.1, 0.15) is 47.9 Å². The second-order valence-electron chi connectivity index (χ2n) is 14.7. The summed E-state index contributed by atoms with van der Waals surface area (Å²) in [7, 11) is -1.88. The Labute approximate surface area is 383 Å². The third-order valence-electron chi connectivity index (χ3n) is 10.5. The molecule has 0 saturated carbocycles. The highest BCUT2D eigenvalue weighted by molar-refractivity contribution is 7.93. The molecule has 1 aliphatic rings. The van der Waals surface area contributed by atoms with Gasteiger partial charge in [-0.05, 0) is 75.9 Å². The summed E-state index contributed by atoms with van der Waals surface area (Å²) in [4.78, 5) is 27.5. The lowest BCUT2D eigenvalue weighted by molar-refractivity contribution is 0.150. The molecule has 2 N–H and O–H groups in total. The van der Waals surface area contributed by atoms with Gasteiger partial charge < -0.3 is 29.2 Å².